The summed E-state index contributed by atoms with van der Waals surface area (Å²) in [4.78, 5) is 24.5. The van der Waals surface area contributed by atoms with Crippen LogP contribution >= 0.6 is 0 Å². The summed E-state index contributed by atoms with van der Waals surface area (Å²) < 4.78 is 5.48. The third-order valence-electron chi connectivity index (χ3n) is 13.8. The number of hydrogen-bond donors (Lipinski definition) is 3. The molecule has 0 saturated heterocycles. The number of carbonyl (C=O) groups is 2. The highest BCUT2D eigenvalue weighted by Gasteiger charge is 2.18. The standard InChI is InChI=1S/C63H117NO5/c1-3-5-7-9-11-13-15-16-17-31-34-37-41-45-49-53-57-63(68)69-58-54-50-46-42-38-35-32-29-27-25-23-21-19-18-20-22-24-26-28-30-33-36-40-44-48-52-56-62(67)64-60(59-65)61(66)55-51-47-43-39-14-12-10-8-6-4-2/h13,15,17-18,20,31,51,55,60-61,65-66H,3-12,14,16,19,21-30,32-50,52-54,56-59H2,1-2H3,(H,64,67)/b15-13-,20-18-,31-17-,55-51+. The minimum absolute atomic E-state index is 0.000102. The minimum atomic E-state index is -0.844. The molecule has 6 nitrogen and oxygen atoms in total. The predicted octanol–water partition coefficient (Wildman–Crippen LogP) is 19.0. The van der Waals surface area contributed by atoms with Crippen molar-refractivity contribution in [3.63, 3.8) is 0 Å². The van der Waals surface area contributed by atoms with Crippen molar-refractivity contribution in [2.45, 2.75) is 328 Å². The predicted molar refractivity (Wildman–Crippen MR) is 301 cm³/mol. The first-order valence-electron chi connectivity index (χ1n) is 30.4. The molecular weight excluding hydrogens is 851 g/mol. The normalized spacial score (nSPS) is 12.9. The maximum absolute atomic E-state index is 12.4. The Morgan fingerprint density at radius 1 is 0.406 bits per heavy atom. The molecule has 0 aromatic rings. The molecule has 0 rings (SSSR count). The van der Waals surface area contributed by atoms with E-state index >= 15 is 0 Å². The molecule has 3 N–H and O–H groups in total. The van der Waals surface area contributed by atoms with Crippen LogP contribution in [0.2, 0.25) is 0 Å². The van der Waals surface area contributed by atoms with E-state index in [1.807, 2.05) is 6.08 Å². The van der Waals surface area contributed by atoms with E-state index in [2.05, 4.69) is 55.6 Å². The molecule has 0 fully saturated rings. The SMILES string of the molecule is CCCCCC/C=C\C/C=C\CCCCCCCC(=O)OCCCCCCCCCCCCCC/C=C\CCCCCCCCCCCCC(=O)NC(CO)C(O)/C=C/CCCCCCCCCC. The summed E-state index contributed by atoms with van der Waals surface area (Å²) in [5.74, 6) is -0.0722. The van der Waals surface area contributed by atoms with Crippen LogP contribution in [0.15, 0.2) is 48.6 Å². The van der Waals surface area contributed by atoms with Crippen LogP contribution in [0.3, 0.4) is 0 Å². The molecule has 0 aliphatic rings. The second-order valence-corrected chi connectivity index (χ2v) is 20.7. The molecule has 1 amide bonds. The highest BCUT2D eigenvalue weighted by Crippen LogP contribution is 2.16. The largest absolute Gasteiger partial charge is 0.466 e. The van der Waals surface area contributed by atoms with Gasteiger partial charge in [0.25, 0.3) is 0 Å². The number of aliphatic hydroxyl groups is 2. The summed E-state index contributed by atoms with van der Waals surface area (Å²) in [6.07, 6.45) is 74.4. The number of aliphatic hydroxyl groups excluding tert-OH is 2. The molecule has 69 heavy (non-hydrogen) atoms. The smallest absolute Gasteiger partial charge is 0.305 e. The molecule has 0 radical (unpaired) electrons. The van der Waals surface area contributed by atoms with E-state index in [4.69, 9.17) is 4.74 Å². The van der Waals surface area contributed by atoms with Crippen molar-refractivity contribution in [1.82, 2.24) is 5.32 Å². The number of rotatable bonds is 56. The molecule has 0 aromatic carbocycles. The molecule has 0 heterocycles. The zero-order chi connectivity index (χ0) is 50.0. The average molecular weight is 969 g/mol. The topological polar surface area (TPSA) is 95.9 Å². The van der Waals surface area contributed by atoms with Crippen molar-refractivity contribution >= 4 is 11.9 Å². The molecular formula is C63H117NO5. The second-order valence-electron chi connectivity index (χ2n) is 20.7. The number of unbranched alkanes of at least 4 members (excludes halogenated alkanes) is 39. The molecule has 0 bridgehead atoms. The van der Waals surface area contributed by atoms with Gasteiger partial charge in [0, 0.05) is 12.8 Å². The molecule has 6 heteroatoms. The van der Waals surface area contributed by atoms with E-state index in [9.17, 15) is 19.8 Å². The number of ether oxygens (including phenoxy) is 1. The number of esters is 1. The van der Waals surface area contributed by atoms with Gasteiger partial charge in [0.1, 0.15) is 0 Å². The Labute approximate surface area is 429 Å². The summed E-state index contributed by atoms with van der Waals surface area (Å²) in [5.41, 5.74) is 0. The Morgan fingerprint density at radius 2 is 0.725 bits per heavy atom. The van der Waals surface area contributed by atoms with Crippen LogP contribution in [-0.2, 0) is 14.3 Å². The lowest BCUT2D eigenvalue weighted by Gasteiger charge is -2.20. The third kappa shape index (κ3) is 55.0. The quantitative estimate of drug-likeness (QED) is 0.0321. The van der Waals surface area contributed by atoms with Gasteiger partial charge in [-0.3, -0.25) is 9.59 Å². The van der Waals surface area contributed by atoms with E-state index < -0.39 is 12.1 Å². The Hall–Kier alpha value is -2.18. The summed E-state index contributed by atoms with van der Waals surface area (Å²) in [5, 5.41) is 23.0. The molecule has 0 aromatic heterocycles. The number of allylic oxidation sites excluding steroid dienone is 7. The Bertz CT molecular complexity index is 1160. The minimum Gasteiger partial charge on any atom is -0.466 e. The monoisotopic (exact) mass is 968 g/mol. The van der Waals surface area contributed by atoms with Crippen molar-refractivity contribution in [2.75, 3.05) is 13.2 Å². The highest BCUT2D eigenvalue weighted by molar-refractivity contribution is 5.76. The van der Waals surface area contributed by atoms with Crippen molar-refractivity contribution < 1.29 is 24.5 Å². The van der Waals surface area contributed by atoms with Gasteiger partial charge in [0.2, 0.25) is 5.91 Å². The van der Waals surface area contributed by atoms with Crippen LogP contribution in [0.1, 0.15) is 316 Å². The Balaban J connectivity index is 3.39. The van der Waals surface area contributed by atoms with Crippen LogP contribution in [-0.4, -0.2) is 47.4 Å². The lowest BCUT2D eigenvalue weighted by Crippen LogP contribution is -2.45. The first kappa shape index (κ1) is 66.8. The number of hydrogen-bond acceptors (Lipinski definition) is 5. The number of nitrogens with one attached hydrogen (secondary N) is 1. The lowest BCUT2D eigenvalue weighted by atomic mass is 10.0. The van der Waals surface area contributed by atoms with Gasteiger partial charge in [-0.25, -0.2) is 0 Å². The lowest BCUT2D eigenvalue weighted by molar-refractivity contribution is -0.143. The summed E-state index contributed by atoms with van der Waals surface area (Å²) >= 11 is 0. The molecule has 0 aliphatic carbocycles. The zero-order valence-corrected chi connectivity index (χ0v) is 46.0. The van der Waals surface area contributed by atoms with Crippen LogP contribution < -0.4 is 5.32 Å². The fourth-order valence-electron chi connectivity index (χ4n) is 9.13. The van der Waals surface area contributed by atoms with Gasteiger partial charge in [0.15, 0.2) is 0 Å². The summed E-state index contributed by atoms with van der Waals surface area (Å²) in [6, 6.07) is -0.628. The average Bonchev–Trinajstić information content (AvgIpc) is 3.35. The fraction of sp³-hybridized carbons (Fsp3) is 0.841. The van der Waals surface area contributed by atoms with Crippen molar-refractivity contribution in [2.24, 2.45) is 0 Å². The fourth-order valence-corrected chi connectivity index (χ4v) is 9.13. The van der Waals surface area contributed by atoms with Gasteiger partial charge in [-0.1, -0.05) is 262 Å². The third-order valence-corrected chi connectivity index (χ3v) is 13.8. The van der Waals surface area contributed by atoms with Gasteiger partial charge in [-0.05, 0) is 89.9 Å². The molecule has 2 unspecified atom stereocenters. The molecule has 0 aliphatic heterocycles. The maximum atomic E-state index is 12.4. The summed E-state index contributed by atoms with van der Waals surface area (Å²) in [7, 11) is 0. The van der Waals surface area contributed by atoms with Gasteiger partial charge < -0.3 is 20.3 Å². The van der Waals surface area contributed by atoms with Gasteiger partial charge in [-0.2, -0.15) is 0 Å². The second kappa shape index (κ2) is 58.4. The van der Waals surface area contributed by atoms with Crippen LogP contribution in [0.25, 0.3) is 0 Å². The van der Waals surface area contributed by atoms with Crippen LogP contribution in [0, 0.1) is 0 Å². The molecule has 0 saturated carbocycles. The highest BCUT2D eigenvalue weighted by atomic mass is 16.5. The van der Waals surface area contributed by atoms with E-state index in [1.54, 1.807) is 6.08 Å². The number of amides is 1. The maximum Gasteiger partial charge on any atom is 0.305 e. The van der Waals surface area contributed by atoms with Crippen LogP contribution in [0.4, 0.5) is 0 Å². The van der Waals surface area contributed by atoms with Crippen molar-refractivity contribution in [1.29, 1.82) is 0 Å². The van der Waals surface area contributed by atoms with Crippen LogP contribution in [0.5, 0.6) is 0 Å². The molecule has 0 spiro atoms. The van der Waals surface area contributed by atoms with Crippen molar-refractivity contribution in [3.8, 4) is 0 Å². The van der Waals surface area contributed by atoms with E-state index in [-0.39, 0.29) is 18.5 Å². The Kier molecular flexibility index (Phi) is 56.5. The summed E-state index contributed by atoms with van der Waals surface area (Å²) in [6.45, 7) is 4.86. The number of carbonyl (C=O) groups excluding carboxylic acids is 2. The Morgan fingerprint density at radius 3 is 1.13 bits per heavy atom. The zero-order valence-electron chi connectivity index (χ0n) is 46.0. The van der Waals surface area contributed by atoms with E-state index in [0.717, 1.165) is 51.4 Å². The van der Waals surface area contributed by atoms with E-state index in [0.29, 0.717) is 19.4 Å². The first-order chi connectivity index (χ1) is 34.0. The molecule has 2 atom stereocenters. The van der Waals surface area contributed by atoms with Gasteiger partial charge in [-0.15, -0.1) is 0 Å². The van der Waals surface area contributed by atoms with Crippen molar-refractivity contribution in [3.05, 3.63) is 48.6 Å². The van der Waals surface area contributed by atoms with Gasteiger partial charge >= 0.3 is 5.97 Å². The molecule has 404 valence electrons. The van der Waals surface area contributed by atoms with E-state index in [1.165, 1.54) is 238 Å². The van der Waals surface area contributed by atoms with Gasteiger partial charge in [0.05, 0.1) is 25.4 Å². The first-order valence-corrected chi connectivity index (χ1v) is 30.4.